The topological polar surface area (TPSA) is 48.2 Å². The first-order chi connectivity index (χ1) is 3.12. The van der Waals surface area contributed by atoms with Gasteiger partial charge in [0.15, 0.2) is 0 Å². The van der Waals surface area contributed by atoms with Crippen molar-refractivity contribution in [3.05, 3.63) is 12.0 Å². The number of rotatable bonds is 2. The second kappa shape index (κ2) is 2.09. The molecule has 0 amide bonds. The zero-order chi connectivity index (χ0) is 5.91. The van der Waals surface area contributed by atoms with Crippen molar-refractivity contribution in [1.82, 2.24) is 4.72 Å². The maximum Gasteiger partial charge on any atom is 0.249 e. The second-order valence-electron chi connectivity index (χ2n) is 0.864. The first kappa shape index (κ1) is 6.65. The van der Waals surface area contributed by atoms with E-state index in [0.29, 0.717) is 0 Å². The van der Waals surface area contributed by atoms with Crippen LogP contribution in [0.15, 0.2) is 12.0 Å². The van der Waals surface area contributed by atoms with E-state index in [1.54, 1.807) is 0 Å². The molecule has 0 fully saturated rings. The van der Waals surface area contributed by atoms with Crippen LogP contribution in [0.4, 0.5) is 0 Å². The summed E-state index contributed by atoms with van der Waals surface area (Å²) in [7, 11) is -2.06. The van der Waals surface area contributed by atoms with E-state index in [0.717, 1.165) is 5.41 Å². The Morgan fingerprint density at radius 1 is 1.71 bits per heavy atom. The van der Waals surface area contributed by atoms with Crippen molar-refractivity contribution < 1.29 is 8.42 Å². The van der Waals surface area contributed by atoms with E-state index in [-0.39, 0.29) is 0 Å². The summed E-state index contributed by atoms with van der Waals surface area (Å²) in [5, 5.41) is 0.799. The highest BCUT2D eigenvalue weighted by atomic mass is 32.2. The van der Waals surface area contributed by atoms with Gasteiger partial charge in [0.1, 0.15) is 0 Å². The molecule has 0 aliphatic rings. The second-order valence-corrected chi connectivity index (χ2v) is 2.59. The van der Waals surface area contributed by atoms with Crippen molar-refractivity contribution in [3.63, 3.8) is 0 Å². The first-order valence-corrected chi connectivity index (χ1v) is 3.11. The SMILES string of the molecule is C=CS(=O)(=O)[N]C. The normalized spacial score (nSPS) is 11.0. The van der Waals surface area contributed by atoms with Gasteiger partial charge in [0.05, 0.1) is 0 Å². The number of hydrogen-bond donors (Lipinski definition) is 0. The molecule has 1 radical (unpaired) electrons. The van der Waals surface area contributed by atoms with E-state index >= 15 is 0 Å². The van der Waals surface area contributed by atoms with E-state index in [9.17, 15) is 8.42 Å². The fraction of sp³-hybridized carbons (Fsp3) is 0.333. The van der Waals surface area contributed by atoms with E-state index in [1.165, 1.54) is 7.05 Å². The summed E-state index contributed by atoms with van der Waals surface area (Å²) in [6.45, 7) is 3.02. The molecule has 0 aromatic carbocycles. The van der Waals surface area contributed by atoms with Crippen LogP contribution in [-0.4, -0.2) is 15.5 Å². The first-order valence-electron chi connectivity index (χ1n) is 1.61. The smallest absolute Gasteiger partial charge is 0.206 e. The zero-order valence-electron chi connectivity index (χ0n) is 3.96. The summed E-state index contributed by atoms with van der Waals surface area (Å²) in [5.74, 6) is 0. The highest BCUT2D eigenvalue weighted by Crippen LogP contribution is 1.79. The minimum absolute atomic E-state index is 0.799. The summed E-state index contributed by atoms with van der Waals surface area (Å²) in [5.41, 5.74) is 0. The van der Waals surface area contributed by atoms with Crippen LogP contribution in [0.1, 0.15) is 0 Å². The molecule has 0 atom stereocenters. The van der Waals surface area contributed by atoms with Gasteiger partial charge in [0, 0.05) is 12.5 Å². The Balaban J connectivity index is 4.17. The maximum absolute atomic E-state index is 10.1. The van der Waals surface area contributed by atoms with Gasteiger partial charge in [-0.1, -0.05) is 6.58 Å². The van der Waals surface area contributed by atoms with Crippen LogP contribution in [0.3, 0.4) is 0 Å². The Morgan fingerprint density at radius 2 is 2.14 bits per heavy atom. The van der Waals surface area contributed by atoms with Gasteiger partial charge in [0.25, 0.3) is 0 Å². The van der Waals surface area contributed by atoms with E-state index < -0.39 is 10.0 Å². The molecule has 0 aromatic heterocycles. The van der Waals surface area contributed by atoms with Gasteiger partial charge in [0.2, 0.25) is 10.0 Å². The van der Waals surface area contributed by atoms with Gasteiger partial charge in [-0.15, -0.1) is 4.72 Å². The standard InChI is InChI=1S/C3H6NO2S/c1-3-7(5,6)4-2/h3H,1H2,2H3. The quantitative estimate of drug-likeness (QED) is 0.502. The lowest BCUT2D eigenvalue weighted by molar-refractivity contribution is 0.596. The maximum atomic E-state index is 10.1. The van der Waals surface area contributed by atoms with Gasteiger partial charge in [-0.2, -0.15) is 0 Å². The molecule has 41 valence electrons. The van der Waals surface area contributed by atoms with Crippen LogP contribution in [0, 0.1) is 0 Å². The molecule has 0 bridgehead atoms. The third-order valence-electron chi connectivity index (χ3n) is 0.465. The van der Waals surface area contributed by atoms with E-state index in [2.05, 4.69) is 11.3 Å². The molecule has 0 spiro atoms. The number of nitrogens with zero attached hydrogens (tertiary/aromatic N) is 1. The molecule has 0 rings (SSSR count). The predicted octanol–water partition coefficient (Wildman–Crippen LogP) is -0.306. The van der Waals surface area contributed by atoms with Crippen LogP contribution < -0.4 is 4.72 Å². The number of hydrogen-bond acceptors (Lipinski definition) is 2. The molecule has 0 aliphatic heterocycles. The number of sulfonamides is 1. The lowest BCUT2D eigenvalue weighted by atomic mass is 11.3. The predicted molar refractivity (Wildman–Crippen MR) is 27.2 cm³/mol. The van der Waals surface area contributed by atoms with Crippen LogP contribution in [0.25, 0.3) is 0 Å². The molecule has 0 heterocycles. The Labute approximate surface area is 43.1 Å². The third-order valence-corrected chi connectivity index (χ3v) is 1.40. The molecule has 0 N–H and O–H groups in total. The van der Waals surface area contributed by atoms with Crippen LogP contribution in [-0.2, 0) is 10.0 Å². The molecule has 0 saturated heterocycles. The monoisotopic (exact) mass is 120 g/mol. The van der Waals surface area contributed by atoms with Crippen molar-refractivity contribution >= 4 is 10.0 Å². The van der Waals surface area contributed by atoms with Crippen molar-refractivity contribution in [2.45, 2.75) is 0 Å². The summed E-state index contributed by atoms with van der Waals surface area (Å²) >= 11 is 0. The average molecular weight is 120 g/mol. The minimum Gasteiger partial charge on any atom is -0.206 e. The lowest BCUT2D eigenvalue weighted by Crippen LogP contribution is -2.05. The molecular weight excluding hydrogens is 114 g/mol. The fourth-order valence-corrected chi connectivity index (χ4v) is 0.224. The molecular formula is C3H6NO2S. The summed E-state index contributed by atoms with van der Waals surface area (Å²) in [6, 6.07) is 0. The highest BCUT2D eigenvalue weighted by molar-refractivity contribution is 7.92. The van der Waals surface area contributed by atoms with E-state index in [1.807, 2.05) is 0 Å². The van der Waals surface area contributed by atoms with E-state index in [4.69, 9.17) is 0 Å². The minimum atomic E-state index is -3.27. The highest BCUT2D eigenvalue weighted by Gasteiger charge is 1.96. The Hall–Kier alpha value is -0.350. The molecule has 0 unspecified atom stereocenters. The molecule has 0 aliphatic carbocycles. The summed E-state index contributed by atoms with van der Waals surface area (Å²) in [6.07, 6.45) is 0. The Morgan fingerprint density at radius 3 is 2.14 bits per heavy atom. The van der Waals surface area contributed by atoms with Gasteiger partial charge in [-0.25, -0.2) is 8.42 Å². The van der Waals surface area contributed by atoms with Gasteiger partial charge in [-0.3, -0.25) is 0 Å². The zero-order valence-corrected chi connectivity index (χ0v) is 4.77. The third kappa shape index (κ3) is 2.36. The van der Waals surface area contributed by atoms with Gasteiger partial charge >= 0.3 is 0 Å². The van der Waals surface area contributed by atoms with Gasteiger partial charge < -0.3 is 0 Å². The van der Waals surface area contributed by atoms with Crippen molar-refractivity contribution in [2.75, 3.05) is 7.05 Å². The fourth-order valence-electron chi connectivity index (χ4n) is 0.0745. The lowest BCUT2D eigenvalue weighted by Gasteiger charge is -1.84. The van der Waals surface area contributed by atoms with Crippen LogP contribution in [0.5, 0.6) is 0 Å². The van der Waals surface area contributed by atoms with Crippen molar-refractivity contribution in [2.24, 2.45) is 0 Å². The summed E-state index contributed by atoms with van der Waals surface area (Å²) < 4.78 is 23.2. The molecule has 0 saturated carbocycles. The molecule has 4 heteroatoms. The largest absolute Gasteiger partial charge is 0.249 e. The average Bonchev–Trinajstić information content (AvgIpc) is 1.68. The Bertz CT molecular complexity index is 146. The van der Waals surface area contributed by atoms with Crippen molar-refractivity contribution in [1.29, 1.82) is 0 Å². The molecule has 0 aromatic rings. The van der Waals surface area contributed by atoms with Gasteiger partial charge in [-0.05, 0) is 0 Å². The van der Waals surface area contributed by atoms with Crippen LogP contribution >= 0.6 is 0 Å². The van der Waals surface area contributed by atoms with Crippen molar-refractivity contribution in [3.8, 4) is 0 Å². The summed E-state index contributed by atoms with van der Waals surface area (Å²) in [4.78, 5) is 0. The molecule has 3 nitrogen and oxygen atoms in total. The Kier molecular flexibility index (Phi) is 1.98. The molecule has 7 heavy (non-hydrogen) atoms. The van der Waals surface area contributed by atoms with Crippen LogP contribution in [0.2, 0.25) is 0 Å².